The molecule has 0 rings (SSSR count). The topological polar surface area (TPSA) is 20.2 Å². The number of rotatable bonds is 1. The van der Waals surface area contributed by atoms with Crippen molar-refractivity contribution in [2.45, 2.75) is 20.3 Å². The summed E-state index contributed by atoms with van der Waals surface area (Å²) in [7, 11) is 0. The van der Waals surface area contributed by atoms with Crippen molar-refractivity contribution < 1.29 is 5.11 Å². The van der Waals surface area contributed by atoms with Gasteiger partial charge in [0.05, 0.1) is 0 Å². The predicted octanol–water partition coefficient (Wildman–Crippen LogP) is 1.03. The molecule has 7 heavy (non-hydrogen) atoms. The molecule has 0 spiro atoms. The number of hydrogen-bond acceptors (Lipinski definition) is 1. The fourth-order valence-electron chi connectivity index (χ4n) is 0. The van der Waals surface area contributed by atoms with Gasteiger partial charge in [-0.25, -0.2) is 0 Å². The standard InChI is InChI=1S/C3H8O.C3H4/c1-2-3-4;1-3-2/h4H,2-3H2,1H3;1H,2H3. The van der Waals surface area contributed by atoms with E-state index in [-0.39, 0.29) is 0 Å². The third-order valence-corrected chi connectivity index (χ3v) is 0.224. The number of aliphatic hydroxyl groups excluding tert-OH is 1. The van der Waals surface area contributed by atoms with Crippen molar-refractivity contribution >= 4 is 0 Å². The molecule has 0 fully saturated rings. The summed E-state index contributed by atoms with van der Waals surface area (Å²) in [6, 6.07) is 0. The average molecular weight is 100 g/mol. The molecule has 1 N–H and O–H groups in total. The highest BCUT2D eigenvalue weighted by atomic mass is 16.2. The molecule has 0 bridgehead atoms. The predicted molar refractivity (Wildman–Crippen MR) is 31.9 cm³/mol. The van der Waals surface area contributed by atoms with Crippen LogP contribution in [0.15, 0.2) is 0 Å². The van der Waals surface area contributed by atoms with Gasteiger partial charge >= 0.3 is 0 Å². The van der Waals surface area contributed by atoms with Gasteiger partial charge in [-0.15, -0.1) is 12.3 Å². The van der Waals surface area contributed by atoms with Crippen LogP contribution in [0.25, 0.3) is 0 Å². The molecule has 0 aliphatic carbocycles. The lowest BCUT2D eigenvalue weighted by atomic mass is 10.5. The van der Waals surface area contributed by atoms with Crippen molar-refractivity contribution in [3.8, 4) is 12.3 Å². The molecule has 0 heterocycles. The monoisotopic (exact) mass is 100 g/mol. The Kier molecular flexibility index (Phi) is 24.7. The summed E-state index contributed by atoms with van der Waals surface area (Å²) in [5, 5.41) is 7.88. The summed E-state index contributed by atoms with van der Waals surface area (Å²) < 4.78 is 0. The molecular weight excluding hydrogens is 88.1 g/mol. The van der Waals surface area contributed by atoms with E-state index in [1.807, 2.05) is 6.92 Å². The summed E-state index contributed by atoms with van der Waals surface area (Å²) >= 11 is 0. The van der Waals surface area contributed by atoms with Gasteiger partial charge in [-0.05, 0) is 13.3 Å². The average Bonchev–Trinajstić information content (AvgIpc) is 1.69. The second kappa shape index (κ2) is 17.8. The van der Waals surface area contributed by atoms with Crippen molar-refractivity contribution in [2.24, 2.45) is 0 Å². The molecule has 0 aromatic rings. The van der Waals surface area contributed by atoms with Gasteiger partial charge in [0.25, 0.3) is 0 Å². The summed E-state index contributed by atoms with van der Waals surface area (Å²) in [6.07, 6.45) is 5.47. The maximum atomic E-state index is 7.88. The highest BCUT2D eigenvalue weighted by molar-refractivity contribution is 4.73. The summed E-state index contributed by atoms with van der Waals surface area (Å²) in [6.45, 7) is 3.90. The Hall–Kier alpha value is -0.480. The Labute approximate surface area is 45.4 Å². The van der Waals surface area contributed by atoms with Crippen molar-refractivity contribution in [2.75, 3.05) is 6.61 Å². The van der Waals surface area contributed by atoms with E-state index in [0.29, 0.717) is 6.61 Å². The lowest BCUT2D eigenvalue weighted by Gasteiger charge is -1.69. The lowest BCUT2D eigenvalue weighted by Crippen LogP contribution is -1.69. The van der Waals surface area contributed by atoms with Gasteiger partial charge in [-0.2, -0.15) is 0 Å². The molecule has 0 amide bonds. The minimum absolute atomic E-state index is 0.319. The van der Waals surface area contributed by atoms with Gasteiger partial charge in [-0.3, -0.25) is 0 Å². The van der Waals surface area contributed by atoms with Crippen LogP contribution in [0.4, 0.5) is 0 Å². The normalized spacial score (nSPS) is 5.43. The van der Waals surface area contributed by atoms with Crippen LogP contribution in [0.3, 0.4) is 0 Å². The van der Waals surface area contributed by atoms with Crippen LogP contribution < -0.4 is 0 Å². The highest BCUT2D eigenvalue weighted by Gasteiger charge is 1.57. The van der Waals surface area contributed by atoms with E-state index >= 15 is 0 Å². The number of hydrogen-bond donors (Lipinski definition) is 1. The quantitative estimate of drug-likeness (QED) is 0.488. The van der Waals surface area contributed by atoms with Gasteiger partial charge in [0.2, 0.25) is 0 Å². The molecule has 0 unspecified atom stereocenters. The molecule has 0 aliphatic heterocycles. The third kappa shape index (κ3) is 253. The van der Waals surface area contributed by atoms with Crippen LogP contribution >= 0.6 is 0 Å². The highest BCUT2D eigenvalue weighted by Crippen LogP contribution is 1.61. The Balaban J connectivity index is 0. The number of aliphatic hydroxyl groups is 1. The van der Waals surface area contributed by atoms with Gasteiger partial charge in [0.15, 0.2) is 0 Å². The largest absolute Gasteiger partial charge is 0.396 e. The SMILES string of the molecule is C#CC.CCCO. The van der Waals surface area contributed by atoms with Crippen LogP contribution in [-0.4, -0.2) is 11.7 Å². The molecular formula is C6H12O. The molecule has 0 saturated heterocycles. The minimum Gasteiger partial charge on any atom is -0.396 e. The van der Waals surface area contributed by atoms with E-state index in [2.05, 4.69) is 12.3 Å². The minimum atomic E-state index is 0.319. The first-order chi connectivity index (χ1) is 3.33. The van der Waals surface area contributed by atoms with E-state index in [1.165, 1.54) is 0 Å². The maximum Gasteiger partial charge on any atom is 0.0428 e. The van der Waals surface area contributed by atoms with Gasteiger partial charge in [0, 0.05) is 6.61 Å². The van der Waals surface area contributed by atoms with Gasteiger partial charge in [0.1, 0.15) is 0 Å². The van der Waals surface area contributed by atoms with Crippen molar-refractivity contribution in [1.29, 1.82) is 0 Å². The zero-order chi connectivity index (χ0) is 6.12. The molecule has 0 aliphatic rings. The molecule has 42 valence electrons. The molecule has 1 nitrogen and oxygen atoms in total. The van der Waals surface area contributed by atoms with E-state index in [1.54, 1.807) is 6.92 Å². The molecule has 0 saturated carbocycles. The summed E-state index contributed by atoms with van der Waals surface area (Å²) in [5.74, 6) is 2.25. The van der Waals surface area contributed by atoms with Crippen LogP contribution in [0.5, 0.6) is 0 Å². The first kappa shape index (κ1) is 9.72. The van der Waals surface area contributed by atoms with E-state index in [9.17, 15) is 0 Å². The maximum absolute atomic E-state index is 7.88. The van der Waals surface area contributed by atoms with Gasteiger partial charge in [-0.1, -0.05) is 6.92 Å². The molecule has 0 aromatic heterocycles. The van der Waals surface area contributed by atoms with Crippen molar-refractivity contribution in [3.63, 3.8) is 0 Å². The van der Waals surface area contributed by atoms with E-state index in [4.69, 9.17) is 5.11 Å². The van der Waals surface area contributed by atoms with Crippen molar-refractivity contribution in [1.82, 2.24) is 0 Å². The van der Waals surface area contributed by atoms with Crippen molar-refractivity contribution in [3.05, 3.63) is 0 Å². The first-order valence-corrected chi connectivity index (χ1v) is 2.31. The van der Waals surface area contributed by atoms with Crippen LogP contribution in [0.2, 0.25) is 0 Å². The molecule has 0 aromatic carbocycles. The summed E-state index contributed by atoms with van der Waals surface area (Å²) in [4.78, 5) is 0. The zero-order valence-electron chi connectivity index (χ0n) is 4.94. The summed E-state index contributed by atoms with van der Waals surface area (Å²) in [5.41, 5.74) is 0. The Morgan fingerprint density at radius 2 is 1.86 bits per heavy atom. The van der Waals surface area contributed by atoms with Gasteiger partial charge < -0.3 is 5.11 Å². The second-order valence-corrected chi connectivity index (χ2v) is 1.01. The fourth-order valence-corrected chi connectivity index (χ4v) is 0. The smallest absolute Gasteiger partial charge is 0.0428 e. The lowest BCUT2D eigenvalue weighted by molar-refractivity contribution is 0.295. The number of terminal acetylenes is 1. The Morgan fingerprint density at radius 1 is 1.71 bits per heavy atom. The molecule has 0 atom stereocenters. The second-order valence-electron chi connectivity index (χ2n) is 1.01. The van der Waals surface area contributed by atoms with E-state index in [0.717, 1.165) is 6.42 Å². The van der Waals surface area contributed by atoms with Crippen LogP contribution in [0.1, 0.15) is 20.3 Å². The zero-order valence-corrected chi connectivity index (χ0v) is 4.94. The first-order valence-electron chi connectivity index (χ1n) is 2.31. The Morgan fingerprint density at radius 3 is 1.86 bits per heavy atom. The Bertz CT molecular complexity index is 40.6. The van der Waals surface area contributed by atoms with Crippen LogP contribution in [0, 0.1) is 12.3 Å². The fraction of sp³-hybridized carbons (Fsp3) is 0.667. The molecule has 1 heteroatoms. The van der Waals surface area contributed by atoms with E-state index < -0.39 is 0 Å². The third-order valence-electron chi connectivity index (χ3n) is 0.224. The van der Waals surface area contributed by atoms with Crippen LogP contribution in [-0.2, 0) is 0 Å². The molecule has 0 radical (unpaired) electrons.